The van der Waals surface area contributed by atoms with Gasteiger partial charge in [0.1, 0.15) is 5.82 Å². The van der Waals surface area contributed by atoms with Crippen molar-refractivity contribution < 1.29 is 9.18 Å². The Morgan fingerprint density at radius 2 is 2.09 bits per heavy atom. The fourth-order valence-corrected chi connectivity index (χ4v) is 0.586. The standard InChI is InChI=1S/C6H6FN3O/c7-4-2-9-6(10-3-4)1-5(8)11/h2-3H,1H2,(H2,8,11). The van der Waals surface area contributed by atoms with Crippen LogP contribution >= 0.6 is 0 Å². The first kappa shape index (κ1) is 7.59. The van der Waals surface area contributed by atoms with Crippen LogP contribution in [0.5, 0.6) is 0 Å². The highest BCUT2D eigenvalue weighted by Gasteiger charge is 2.00. The Hall–Kier alpha value is -1.52. The summed E-state index contributed by atoms with van der Waals surface area (Å²) < 4.78 is 12.2. The number of halogens is 1. The van der Waals surface area contributed by atoms with Gasteiger partial charge in [-0.05, 0) is 0 Å². The van der Waals surface area contributed by atoms with Gasteiger partial charge in [-0.15, -0.1) is 0 Å². The maximum absolute atomic E-state index is 12.2. The lowest BCUT2D eigenvalue weighted by Crippen LogP contribution is -2.15. The number of carbonyl (C=O) groups excluding carboxylic acids is 1. The number of amides is 1. The number of aromatic nitrogens is 2. The average molecular weight is 155 g/mol. The van der Waals surface area contributed by atoms with E-state index in [9.17, 15) is 9.18 Å². The lowest BCUT2D eigenvalue weighted by molar-refractivity contribution is -0.117. The molecule has 58 valence electrons. The van der Waals surface area contributed by atoms with Crippen molar-refractivity contribution in [3.63, 3.8) is 0 Å². The van der Waals surface area contributed by atoms with E-state index in [4.69, 9.17) is 5.73 Å². The number of carbonyl (C=O) groups is 1. The SMILES string of the molecule is NC(=O)Cc1ncc(F)cn1. The summed E-state index contributed by atoms with van der Waals surface area (Å²) in [5, 5.41) is 0. The second kappa shape index (κ2) is 3.05. The molecule has 1 rings (SSSR count). The van der Waals surface area contributed by atoms with Crippen molar-refractivity contribution >= 4 is 5.91 Å². The molecule has 0 aliphatic heterocycles. The van der Waals surface area contributed by atoms with Gasteiger partial charge >= 0.3 is 0 Å². The van der Waals surface area contributed by atoms with Gasteiger partial charge in [0.05, 0.1) is 18.8 Å². The Kier molecular flexibility index (Phi) is 2.10. The fraction of sp³-hybridized carbons (Fsp3) is 0.167. The van der Waals surface area contributed by atoms with Crippen LogP contribution in [0.3, 0.4) is 0 Å². The number of nitrogens with two attached hydrogens (primary N) is 1. The second-order valence-electron chi connectivity index (χ2n) is 1.96. The molecule has 0 aliphatic carbocycles. The molecule has 5 heteroatoms. The van der Waals surface area contributed by atoms with Gasteiger partial charge in [0, 0.05) is 0 Å². The molecule has 1 aromatic heterocycles. The van der Waals surface area contributed by atoms with E-state index in [1.54, 1.807) is 0 Å². The van der Waals surface area contributed by atoms with Crippen molar-refractivity contribution in [1.29, 1.82) is 0 Å². The zero-order valence-electron chi connectivity index (χ0n) is 5.62. The van der Waals surface area contributed by atoms with E-state index in [0.717, 1.165) is 12.4 Å². The molecule has 0 aromatic carbocycles. The Balaban J connectivity index is 2.74. The number of primary amides is 1. The van der Waals surface area contributed by atoms with Crippen molar-refractivity contribution in [3.8, 4) is 0 Å². The average Bonchev–Trinajstić information content (AvgIpc) is 1.93. The second-order valence-corrected chi connectivity index (χ2v) is 1.96. The van der Waals surface area contributed by atoms with Crippen LogP contribution in [-0.2, 0) is 11.2 Å². The summed E-state index contributed by atoms with van der Waals surface area (Å²) in [4.78, 5) is 17.4. The van der Waals surface area contributed by atoms with Gasteiger partial charge in [-0.1, -0.05) is 0 Å². The number of nitrogens with zero attached hydrogens (tertiary/aromatic N) is 2. The largest absolute Gasteiger partial charge is 0.369 e. The van der Waals surface area contributed by atoms with Crippen LogP contribution < -0.4 is 5.73 Å². The summed E-state index contributed by atoms with van der Waals surface area (Å²) in [7, 11) is 0. The zero-order chi connectivity index (χ0) is 8.27. The van der Waals surface area contributed by atoms with E-state index in [1.165, 1.54) is 0 Å². The summed E-state index contributed by atoms with van der Waals surface area (Å²) in [6, 6.07) is 0. The van der Waals surface area contributed by atoms with Gasteiger partial charge in [-0.2, -0.15) is 0 Å². The van der Waals surface area contributed by atoms with Gasteiger partial charge in [-0.3, -0.25) is 4.79 Å². The monoisotopic (exact) mass is 155 g/mol. The summed E-state index contributed by atoms with van der Waals surface area (Å²) >= 11 is 0. The highest BCUT2D eigenvalue weighted by Crippen LogP contribution is 1.92. The molecule has 0 spiro atoms. The van der Waals surface area contributed by atoms with Gasteiger partial charge in [0.2, 0.25) is 5.91 Å². The van der Waals surface area contributed by atoms with Crippen LogP contribution in [0.1, 0.15) is 5.82 Å². The minimum atomic E-state index is -0.531. The summed E-state index contributed by atoms with van der Waals surface area (Å²) in [6.07, 6.45) is 1.93. The normalized spacial score (nSPS) is 9.55. The summed E-state index contributed by atoms with van der Waals surface area (Å²) in [6.45, 7) is 0. The van der Waals surface area contributed by atoms with Crippen LogP contribution in [0.25, 0.3) is 0 Å². The molecule has 0 unspecified atom stereocenters. The smallest absolute Gasteiger partial charge is 0.225 e. The van der Waals surface area contributed by atoms with Crippen LogP contribution in [0.15, 0.2) is 12.4 Å². The lowest BCUT2D eigenvalue weighted by atomic mass is 10.4. The van der Waals surface area contributed by atoms with Crippen LogP contribution in [0, 0.1) is 5.82 Å². The molecule has 0 atom stereocenters. The van der Waals surface area contributed by atoms with E-state index >= 15 is 0 Å². The van der Waals surface area contributed by atoms with Gasteiger partial charge < -0.3 is 5.73 Å². The van der Waals surface area contributed by atoms with E-state index in [0.29, 0.717) is 0 Å². The third kappa shape index (κ3) is 2.29. The molecule has 1 amide bonds. The van der Waals surface area contributed by atoms with Crippen LogP contribution in [0.2, 0.25) is 0 Å². The maximum atomic E-state index is 12.2. The molecule has 0 bridgehead atoms. The first-order valence-electron chi connectivity index (χ1n) is 2.93. The molecule has 0 fully saturated rings. The Bertz CT molecular complexity index is 259. The molecule has 0 saturated carbocycles. The number of rotatable bonds is 2. The number of hydrogen-bond donors (Lipinski definition) is 1. The molecule has 11 heavy (non-hydrogen) atoms. The maximum Gasteiger partial charge on any atom is 0.225 e. The topological polar surface area (TPSA) is 68.9 Å². The van der Waals surface area contributed by atoms with E-state index in [2.05, 4.69) is 9.97 Å². The van der Waals surface area contributed by atoms with Gasteiger partial charge in [0.25, 0.3) is 0 Å². The van der Waals surface area contributed by atoms with E-state index < -0.39 is 11.7 Å². The minimum Gasteiger partial charge on any atom is -0.369 e. The van der Waals surface area contributed by atoms with E-state index in [-0.39, 0.29) is 12.2 Å². The van der Waals surface area contributed by atoms with Crippen molar-refractivity contribution in [2.75, 3.05) is 0 Å². The molecule has 0 aliphatic rings. The lowest BCUT2D eigenvalue weighted by Gasteiger charge is -1.93. The van der Waals surface area contributed by atoms with Crippen molar-refractivity contribution in [1.82, 2.24) is 9.97 Å². The molecular formula is C6H6FN3O. The van der Waals surface area contributed by atoms with Crippen LogP contribution in [0.4, 0.5) is 4.39 Å². The molecule has 0 saturated heterocycles. The molecular weight excluding hydrogens is 149 g/mol. The predicted molar refractivity (Wildman–Crippen MR) is 34.9 cm³/mol. The highest BCUT2D eigenvalue weighted by molar-refractivity contribution is 5.75. The quantitative estimate of drug-likeness (QED) is 0.634. The van der Waals surface area contributed by atoms with Crippen molar-refractivity contribution in [2.24, 2.45) is 5.73 Å². The fourth-order valence-electron chi connectivity index (χ4n) is 0.586. The minimum absolute atomic E-state index is 0.0553. The van der Waals surface area contributed by atoms with Crippen molar-refractivity contribution in [2.45, 2.75) is 6.42 Å². The third-order valence-corrected chi connectivity index (χ3v) is 1.01. The Morgan fingerprint density at radius 3 is 2.55 bits per heavy atom. The van der Waals surface area contributed by atoms with Gasteiger partial charge in [0.15, 0.2) is 5.82 Å². The molecule has 1 aromatic rings. The van der Waals surface area contributed by atoms with Crippen molar-refractivity contribution in [3.05, 3.63) is 24.0 Å². The highest BCUT2D eigenvalue weighted by atomic mass is 19.1. The zero-order valence-corrected chi connectivity index (χ0v) is 5.62. The molecule has 2 N–H and O–H groups in total. The predicted octanol–water partition coefficient (Wildman–Crippen LogP) is -0.357. The summed E-state index contributed by atoms with van der Waals surface area (Å²) in [5.41, 5.74) is 4.85. The number of hydrogen-bond acceptors (Lipinski definition) is 3. The molecule has 1 heterocycles. The van der Waals surface area contributed by atoms with Gasteiger partial charge in [-0.25, -0.2) is 14.4 Å². The van der Waals surface area contributed by atoms with E-state index in [1.807, 2.05) is 0 Å². The Morgan fingerprint density at radius 1 is 1.55 bits per heavy atom. The summed E-state index contributed by atoms with van der Waals surface area (Å²) in [5.74, 6) is -0.825. The Labute approximate surface area is 62.3 Å². The third-order valence-electron chi connectivity index (χ3n) is 1.01. The first-order chi connectivity index (χ1) is 5.18. The molecule has 4 nitrogen and oxygen atoms in total. The first-order valence-corrected chi connectivity index (χ1v) is 2.93. The van der Waals surface area contributed by atoms with Crippen LogP contribution in [-0.4, -0.2) is 15.9 Å². The molecule has 0 radical (unpaired) electrons.